The van der Waals surface area contributed by atoms with Gasteiger partial charge in [-0.1, -0.05) is 25.1 Å². The number of benzene rings is 1. The van der Waals surface area contributed by atoms with Gasteiger partial charge in [-0.15, -0.1) is 0 Å². The third-order valence-electron chi connectivity index (χ3n) is 2.27. The number of hydrogen-bond acceptors (Lipinski definition) is 3. The predicted molar refractivity (Wildman–Crippen MR) is 65.0 cm³/mol. The number of hydrogen-bond donors (Lipinski definition) is 2. The summed E-state index contributed by atoms with van der Waals surface area (Å²) in [4.78, 5) is 11.5. The number of urea groups is 1. The van der Waals surface area contributed by atoms with Crippen LogP contribution in [0, 0.1) is 0 Å². The Morgan fingerprint density at radius 2 is 1.88 bits per heavy atom. The summed E-state index contributed by atoms with van der Waals surface area (Å²) >= 11 is 0. The zero-order chi connectivity index (χ0) is 12.9. The zero-order valence-corrected chi connectivity index (χ0v) is 10.6. The van der Waals surface area contributed by atoms with Crippen LogP contribution in [0.2, 0.25) is 0 Å². The van der Waals surface area contributed by atoms with Gasteiger partial charge in [0.1, 0.15) is 0 Å². The number of rotatable bonds is 4. The highest BCUT2D eigenvalue weighted by Crippen LogP contribution is 2.06. The van der Waals surface area contributed by atoms with Crippen LogP contribution in [0.25, 0.3) is 0 Å². The molecule has 0 aliphatic carbocycles. The second-order valence-electron chi connectivity index (χ2n) is 3.70. The maximum Gasteiger partial charge on any atom is 0.328 e. The number of nitrogens with one attached hydrogen (secondary N) is 2. The fraction of sp³-hybridized carbons (Fsp3) is 0.364. The second kappa shape index (κ2) is 5.67. The van der Waals surface area contributed by atoms with Gasteiger partial charge in [-0.2, -0.15) is 0 Å². The van der Waals surface area contributed by atoms with Crippen LogP contribution in [0.1, 0.15) is 20.3 Å². The summed E-state index contributed by atoms with van der Waals surface area (Å²) in [5, 5.41) is 2.53. The van der Waals surface area contributed by atoms with Gasteiger partial charge < -0.3 is 5.32 Å². The van der Waals surface area contributed by atoms with Crippen molar-refractivity contribution in [2.75, 3.05) is 0 Å². The van der Waals surface area contributed by atoms with Gasteiger partial charge in [-0.3, -0.25) is 0 Å². The standard InChI is InChI=1S/C11H16N2O3S/c1-3-9(2)12-11(14)13-17(15,16)10-7-5-4-6-8-10/h4-9H,3H2,1-2H3,(H2,12,13,14). The molecule has 2 N–H and O–H groups in total. The highest BCUT2D eigenvalue weighted by atomic mass is 32.2. The molecule has 94 valence electrons. The van der Waals surface area contributed by atoms with E-state index < -0.39 is 16.1 Å². The summed E-state index contributed by atoms with van der Waals surface area (Å²) in [6.45, 7) is 3.70. The van der Waals surface area contributed by atoms with Gasteiger partial charge in [-0.25, -0.2) is 17.9 Å². The molecule has 5 nitrogen and oxygen atoms in total. The minimum absolute atomic E-state index is 0.0685. The average molecular weight is 256 g/mol. The van der Waals surface area contributed by atoms with Crippen molar-refractivity contribution >= 4 is 16.1 Å². The van der Waals surface area contributed by atoms with Gasteiger partial charge >= 0.3 is 6.03 Å². The first kappa shape index (κ1) is 13.5. The van der Waals surface area contributed by atoms with Crippen LogP contribution >= 0.6 is 0 Å². The van der Waals surface area contributed by atoms with E-state index in [2.05, 4.69) is 5.32 Å². The molecule has 1 atom stereocenters. The fourth-order valence-electron chi connectivity index (χ4n) is 1.14. The van der Waals surface area contributed by atoms with E-state index in [-0.39, 0.29) is 10.9 Å². The Morgan fingerprint density at radius 1 is 1.29 bits per heavy atom. The molecule has 1 aromatic carbocycles. The van der Waals surface area contributed by atoms with Crippen LogP contribution in [0.4, 0.5) is 4.79 Å². The SMILES string of the molecule is CCC(C)NC(=O)NS(=O)(=O)c1ccccc1. The summed E-state index contributed by atoms with van der Waals surface area (Å²) in [7, 11) is -3.78. The van der Waals surface area contributed by atoms with Crippen molar-refractivity contribution in [1.82, 2.24) is 10.0 Å². The van der Waals surface area contributed by atoms with Gasteiger partial charge in [0, 0.05) is 6.04 Å². The number of sulfonamides is 1. The molecule has 0 radical (unpaired) electrons. The number of carbonyl (C=O) groups excluding carboxylic acids is 1. The van der Waals surface area contributed by atoms with E-state index in [1.807, 2.05) is 11.6 Å². The third-order valence-corrected chi connectivity index (χ3v) is 3.62. The van der Waals surface area contributed by atoms with Crippen LogP contribution in [-0.2, 0) is 10.0 Å². The minimum atomic E-state index is -3.78. The zero-order valence-electron chi connectivity index (χ0n) is 9.80. The minimum Gasteiger partial charge on any atom is -0.335 e. The molecule has 0 aliphatic heterocycles. The molecule has 1 unspecified atom stereocenters. The molecule has 0 saturated carbocycles. The fourth-order valence-corrected chi connectivity index (χ4v) is 2.07. The van der Waals surface area contributed by atoms with Crippen molar-refractivity contribution < 1.29 is 13.2 Å². The molecule has 0 fully saturated rings. The first-order valence-electron chi connectivity index (χ1n) is 5.34. The molecule has 1 aromatic rings. The van der Waals surface area contributed by atoms with Gasteiger partial charge in [0.2, 0.25) is 0 Å². The van der Waals surface area contributed by atoms with Crippen LogP contribution in [0.5, 0.6) is 0 Å². The van der Waals surface area contributed by atoms with E-state index >= 15 is 0 Å². The predicted octanol–water partition coefficient (Wildman–Crippen LogP) is 1.47. The van der Waals surface area contributed by atoms with Crippen LogP contribution in [0.15, 0.2) is 35.2 Å². The van der Waals surface area contributed by atoms with Crippen molar-refractivity contribution in [1.29, 1.82) is 0 Å². The molecule has 0 aromatic heterocycles. The summed E-state index contributed by atoms with van der Waals surface area (Å²) in [6, 6.07) is 6.99. The average Bonchev–Trinajstić information content (AvgIpc) is 2.29. The topological polar surface area (TPSA) is 75.3 Å². The lowest BCUT2D eigenvalue weighted by molar-refractivity contribution is 0.242. The molecule has 0 heterocycles. The van der Waals surface area contributed by atoms with Crippen molar-refractivity contribution in [2.24, 2.45) is 0 Å². The molecule has 17 heavy (non-hydrogen) atoms. The lowest BCUT2D eigenvalue weighted by atomic mass is 10.3. The lowest BCUT2D eigenvalue weighted by Crippen LogP contribution is -2.43. The normalized spacial score (nSPS) is 12.8. The Bertz CT molecular complexity index is 471. The first-order valence-corrected chi connectivity index (χ1v) is 6.82. The molecular weight excluding hydrogens is 240 g/mol. The Hall–Kier alpha value is -1.56. The maximum absolute atomic E-state index is 11.7. The summed E-state index contributed by atoms with van der Waals surface area (Å²) in [5.74, 6) is 0. The smallest absolute Gasteiger partial charge is 0.328 e. The van der Waals surface area contributed by atoms with E-state index in [0.29, 0.717) is 0 Å². The molecule has 2 amide bonds. The molecule has 0 aliphatic rings. The van der Waals surface area contributed by atoms with Crippen LogP contribution in [-0.4, -0.2) is 20.5 Å². The van der Waals surface area contributed by atoms with Gasteiger partial charge in [0.05, 0.1) is 4.90 Å². The first-order chi connectivity index (χ1) is 7.95. The largest absolute Gasteiger partial charge is 0.335 e. The quantitative estimate of drug-likeness (QED) is 0.856. The molecule has 0 saturated heterocycles. The van der Waals surface area contributed by atoms with Gasteiger partial charge in [0.25, 0.3) is 10.0 Å². The summed E-state index contributed by atoms with van der Waals surface area (Å²) < 4.78 is 25.4. The van der Waals surface area contributed by atoms with E-state index in [4.69, 9.17) is 0 Å². The molecule has 0 bridgehead atoms. The van der Waals surface area contributed by atoms with E-state index in [1.165, 1.54) is 12.1 Å². The Labute approximate surface area is 101 Å². The molecule has 0 spiro atoms. The van der Waals surface area contributed by atoms with Crippen molar-refractivity contribution in [2.45, 2.75) is 31.2 Å². The van der Waals surface area contributed by atoms with Crippen LogP contribution in [0.3, 0.4) is 0 Å². The van der Waals surface area contributed by atoms with Crippen molar-refractivity contribution in [3.63, 3.8) is 0 Å². The second-order valence-corrected chi connectivity index (χ2v) is 5.38. The molecular formula is C11H16N2O3S. The lowest BCUT2D eigenvalue weighted by Gasteiger charge is -2.12. The number of amides is 2. The third kappa shape index (κ3) is 4.07. The maximum atomic E-state index is 11.7. The Kier molecular flexibility index (Phi) is 4.51. The monoisotopic (exact) mass is 256 g/mol. The Morgan fingerprint density at radius 3 is 2.41 bits per heavy atom. The van der Waals surface area contributed by atoms with Crippen molar-refractivity contribution in [3.8, 4) is 0 Å². The highest BCUT2D eigenvalue weighted by Gasteiger charge is 2.17. The highest BCUT2D eigenvalue weighted by molar-refractivity contribution is 7.90. The molecule has 1 rings (SSSR count). The number of carbonyl (C=O) groups is 1. The van der Waals surface area contributed by atoms with Gasteiger partial charge in [0.15, 0.2) is 0 Å². The van der Waals surface area contributed by atoms with E-state index in [1.54, 1.807) is 25.1 Å². The van der Waals surface area contributed by atoms with Gasteiger partial charge in [-0.05, 0) is 25.5 Å². The van der Waals surface area contributed by atoms with E-state index in [9.17, 15) is 13.2 Å². The van der Waals surface area contributed by atoms with Crippen LogP contribution < -0.4 is 10.0 Å². The van der Waals surface area contributed by atoms with Crippen molar-refractivity contribution in [3.05, 3.63) is 30.3 Å². The summed E-state index contributed by atoms with van der Waals surface area (Å²) in [5.41, 5.74) is 0. The van der Waals surface area contributed by atoms with E-state index in [0.717, 1.165) is 6.42 Å². The Balaban J connectivity index is 2.72. The molecule has 6 heteroatoms. The summed E-state index contributed by atoms with van der Waals surface area (Å²) in [6.07, 6.45) is 0.735.